The molecule has 10 heteroatoms. The second kappa shape index (κ2) is 8.32. The summed E-state index contributed by atoms with van der Waals surface area (Å²) in [4.78, 5) is 24.5. The van der Waals surface area contributed by atoms with E-state index in [0.717, 1.165) is 16.9 Å². The van der Waals surface area contributed by atoms with Crippen LogP contribution in [0.15, 0.2) is 70.9 Å². The number of carboxylic acids is 2. The molecule has 1 heterocycles. The van der Waals surface area contributed by atoms with Gasteiger partial charge in [0.2, 0.25) is 0 Å². The molecule has 1 aromatic heterocycles. The SMILES string of the molecule is O=C(O)CN([C@]1(C(=O)O)C[C@H]1c1ccccc1)S(=O)(=O)c1ccc(-c2ccc(Cl)cc2)s1. The second-order valence-electron chi connectivity index (χ2n) is 7.43. The quantitative estimate of drug-likeness (QED) is 0.489. The molecule has 166 valence electrons. The summed E-state index contributed by atoms with van der Waals surface area (Å²) >= 11 is 6.86. The Morgan fingerprint density at radius 2 is 1.69 bits per heavy atom. The molecule has 1 aliphatic rings. The maximum absolute atomic E-state index is 13.5. The van der Waals surface area contributed by atoms with Crippen molar-refractivity contribution in [3.8, 4) is 10.4 Å². The van der Waals surface area contributed by atoms with Crippen LogP contribution >= 0.6 is 22.9 Å². The highest BCUT2D eigenvalue weighted by Gasteiger charge is 2.68. The number of hydrogen-bond acceptors (Lipinski definition) is 5. The molecule has 0 radical (unpaired) electrons. The topological polar surface area (TPSA) is 112 Å². The molecule has 0 bridgehead atoms. The third kappa shape index (κ3) is 3.93. The smallest absolute Gasteiger partial charge is 0.325 e. The largest absolute Gasteiger partial charge is 0.480 e. The average Bonchev–Trinajstić information content (AvgIpc) is 3.31. The molecule has 0 amide bonds. The van der Waals surface area contributed by atoms with E-state index in [1.807, 2.05) is 0 Å². The zero-order valence-electron chi connectivity index (χ0n) is 16.5. The highest BCUT2D eigenvalue weighted by Crippen LogP contribution is 2.57. The molecule has 2 atom stereocenters. The summed E-state index contributed by atoms with van der Waals surface area (Å²) in [5.74, 6) is -3.45. The van der Waals surface area contributed by atoms with E-state index in [0.29, 0.717) is 19.8 Å². The van der Waals surface area contributed by atoms with Gasteiger partial charge in [-0.05, 0) is 41.8 Å². The zero-order chi connectivity index (χ0) is 23.1. The Bertz CT molecular complexity index is 1270. The van der Waals surface area contributed by atoms with Gasteiger partial charge < -0.3 is 10.2 Å². The van der Waals surface area contributed by atoms with Crippen molar-refractivity contribution >= 4 is 44.9 Å². The van der Waals surface area contributed by atoms with Gasteiger partial charge in [0.1, 0.15) is 16.3 Å². The van der Waals surface area contributed by atoms with E-state index in [9.17, 15) is 28.2 Å². The Hall–Kier alpha value is -2.72. The molecule has 2 N–H and O–H groups in total. The van der Waals surface area contributed by atoms with Crippen molar-refractivity contribution < 1.29 is 28.2 Å². The predicted molar refractivity (Wildman–Crippen MR) is 120 cm³/mol. The summed E-state index contributed by atoms with van der Waals surface area (Å²) in [5, 5.41) is 20.0. The summed E-state index contributed by atoms with van der Waals surface area (Å²) in [6.07, 6.45) is -0.00568. The Morgan fingerprint density at radius 3 is 2.28 bits per heavy atom. The lowest BCUT2D eigenvalue weighted by Crippen LogP contribution is -2.50. The fourth-order valence-corrected chi connectivity index (χ4v) is 7.13. The first-order valence-electron chi connectivity index (χ1n) is 9.55. The highest BCUT2D eigenvalue weighted by atomic mass is 35.5. The third-order valence-corrected chi connectivity index (χ3v) is 9.22. The lowest BCUT2D eigenvalue weighted by molar-refractivity contribution is -0.145. The van der Waals surface area contributed by atoms with Gasteiger partial charge >= 0.3 is 11.9 Å². The van der Waals surface area contributed by atoms with E-state index < -0.39 is 40.0 Å². The van der Waals surface area contributed by atoms with Crippen molar-refractivity contribution in [3.05, 3.63) is 77.3 Å². The van der Waals surface area contributed by atoms with Gasteiger partial charge in [-0.25, -0.2) is 8.42 Å². The van der Waals surface area contributed by atoms with E-state index in [4.69, 9.17) is 11.6 Å². The van der Waals surface area contributed by atoms with E-state index in [-0.39, 0.29) is 10.6 Å². The lowest BCUT2D eigenvalue weighted by atomic mass is 10.1. The molecule has 0 aliphatic heterocycles. The molecular weight excluding hydrogens is 474 g/mol. The monoisotopic (exact) mass is 491 g/mol. The minimum atomic E-state index is -4.41. The summed E-state index contributed by atoms with van der Waals surface area (Å²) in [6.45, 7) is -0.952. The van der Waals surface area contributed by atoms with Gasteiger partial charge in [-0.3, -0.25) is 9.59 Å². The summed E-state index contributed by atoms with van der Waals surface area (Å²) in [7, 11) is -4.41. The van der Waals surface area contributed by atoms with Crippen LogP contribution in [0, 0.1) is 0 Å². The number of rotatable bonds is 8. The van der Waals surface area contributed by atoms with Gasteiger partial charge in [0.05, 0.1) is 0 Å². The molecule has 7 nitrogen and oxygen atoms in total. The summed E-state index contributed by atoms with van der Waals surface area (Å²) in [6, 6.07) is 18.5. The van der Waals surface area contributed by atoms with Crippen molar-refractivity contribution in [2.75, 3.05) is 6.54 Å². The van der Waals surface area contributed by atoms with Crippen LogP contribution < -0.4 is 0 Å². The molecule has 1 fully saturated rings. The molecule has 32 heavy (non-hydrogen) atoms. The van der Waals surface area contributed by atoms with Crippen LogP contribution in [0.25, 0.3) is 10.4 Å². The summed E-state index contributed by atoms with van der Waals surface area (Å²) < 4.78 is 27.5. The Morgan fingerprint density at radius 1 is 1.03 bits per heavy atom. The molecule has 4 rings (SSSR count). The fraction of sp³-hybridized carbons (Fsp3) is 0.182. The Balaban J connectivity index is 1.75. The molecule has 0 spiro atoms. The number of nitrogens with zero attached hydrogens (tertiary/aromatic N) is 1. The fourth-order valence-electron chi connectivity index (χ4n) is 3.85. The summed E-state index contributed by atoms with van der Waals surface area (Å²) in [5.41, 5.74) is -0.469. The molecule has 3 aromatic rings. The number of hydrogen-bond donors (Lipinski definition) is 2. The average molecular weight is 492 g/mol. The normalized spacial score (nSPS) is 20.2. The van der Waals surface area contributed by atoms with Crippen molar-refractivity contribution in [2.24, 2.45) is 0 Å². The number of benzene rings is 2. The maximum atomic E-state index is 13.5. The van der Waals surface area contributed by atoms with Gasteiger partial charge in [0.15, 0.2) is 0 Å². The molecule has 1 aliphatic carbocycles. The van der Waals surface area contributed by atoms with Crippen LogP contribution in [-0.4, -0.2) is 47.0 Å². The van der Waals surface area contributed by atoms with Gasteiger partial charge in [-0.15, -0.1) is 11.3 Å². The van der Waals surface area contributed by atoms with Crippen LogP contribution in [0.4, 0.5) is 0 Å². The minimum absolute atomic E-state index is 0.00568. The molecular formula is C22H18ClNO6S2. The number of thiophene rings is 1. The van der Waals surface area contributed by atoms with E-state index in [2.05, 4.69) is 0 Å². The number of aliphatic carboxylic acids is 2. The number of carboxylic acid groups (broad SMARTS) is 2. The first-order valence-corrected chi connectivity index (χ1v) is 12.2. The number of sulfonamides is 1. The van der Waals surface area contributed by atoms with Crippen molar-refractivity contribution in [1.29, 1.82) is 0 Å². The van der Waals surface area contributed by atoms with E-state index in [1.165, 1.54) is 6.07 Å². The maximum Gasteiger partial charge on any atom is 0.325 e. The first kappa shape index (κ1) is 22.5. The molecule has 0 saturated heterocycles. The predicted octanol–water partition coefficient (Wildman–Crippen LogP) is 4.15. The third-order valence-electron chi connectivity index (χ3n) is 5.48. The molecule has 1 saturated carbocycles. The Kier molecular flexibility index (Phi) is 5.85. The lowest BCUT2D eigenvalue weighted by Gasteiger charge is -2.27. The van der Waals surface area contributed by atoms with Gasteiger partial charge in [0.25, 0.3) is 10.0 Å². The van der Waals surface area contributed by atoms with Gasteiger partial charge in [-0.1, -0.05) is 54.1 Å². The molecule has 2 aromatic carbocycles. The van der Waals surface area contributed by atoms with Crippen LogP contribution in [0.1, 0.15) is 17.9 Å². The van der Waals surface area contributed by atoms with Crippen molar-refractivity contribution in [3.63, 3.8) is 0 Å². The minimum Gasteiger partial charge on any atom is -0.480 e. The zero-order valence-corrected chi connectivity index (χ0v) is 18.9. The standard InChI is InChI=1S/C22H18ClNO6S2/c23-16-8-6-15(7-9-16)18-10-11-20(31-18)32(29,30)24(13-19(25)26)22(21(27)28)12-17(22)14-4-2-1-3-5-14/h1-11,17H,12-13H2,(H,25,26)(H,27,28)/t17-,22+/m0/s1. The van der Waals surface area contributed by atoms with Crippen molar-refractivity contribution in [1.82, 2.24) is 4.31 Å². The van der Waals surface area contributed by atoms with Gasteiger partial charge in [0, 0.05) is 15.8 Å². The van der Waals surface area contributed by atoms with Crippen molar-refractivity contribution in [2.45, 2.75) is 22.1 Å². The number of carbonyl (C=O) groups is 2. The van der Waals surface area contributed by atoms with Crippen LogP contribution in [-0.2, 0) is 19.6 Å². The van der Waals surface area contributed by atoms with E-state index in [1.54, 1.807) is 60.7 Å². The van der Waals surface area contributed by atoms with Crippen LogP contribution in [0.2, 0.25) is 5.02 Å². The van der Waals surface area contributed by atoms with Crippen LogP contribution in [0.5, 0.6) is 0 Å². The highest BCUT2D eigenvalue weighted by molar-refractivity contribution is 7.91. The molecule has 0 unspecified atom stereocenters. The van der Waals surface area contributed by atoms with E-state index >= 15 is 0 Å². The number of halogens is 1. The second-order valence-corrected chi connectivity index (χ2v) is 11.0. The van der Waals surface area contributed by atoms with Gasteiger partial charge in [-0.2, -0.15) is 4.31 Å². The first-order chi connectivity index (χ1) is 15.2. The Labute approximate surface area is 193 Å². The van der Waals surface area contributed by atoms with Crippen LogP contribution in [0.3, 0.4) is 0 Å².